The fourth-order valence-electron chi connectivity index (χ4n) is 2.97. The second-order valence-electron chi connectivity index (χ2n) is 5.46. The second-order valence-corrected chi connectivity index (χ2v) is 5.46. The summed E-state index contributed by atoms with van der Waals surface area (Å²) >= 11 is 0. The lowest BCUT2D eigenvalue weighted by Crippen LogP contribution is -2.38. The Morgan fingerprint density at radius 3 is 2.71 bits per heavy atom. The smallest absolute Gasteiger partial charge is 0.163 e. The molecule has 1 saturated heterocycles. The fraction of sp³-hybridized carbons (Fsp3) is 0.733. The first-order chi connectivity index (χ1) is 10.3. The maximum Gasteiger partial charge on any atom is 0.163 e. The second kappa shape index (κ2) is 6.25. The highest BCUT2D eigenvalue weighted by Crippen LogP contribution is 2.35. The van der Waals surface area contributed by atoms with Gasteiger partial charge >= 0.3 is 0 Å². The molecular formula is C15H23N3O3. The Bertz CT molecular complexity index is 501. The van der Waals surface area contributed by atoms with Crippen molar-refractivity contribution in [3.05, 3.63) is 17.1 Å². The lowest BCUT2D eigenvalue weighted by atomic mass is 9.92. The Morgan fingerprint density at radius 1 is 1.19 bits per heavy atom. The first-order valence-corrected chi connectivity index (χ1v) is 7.64. The lowest BCUT2D eigenvalue weighted by Gasteiger charge is -2.35. The van der Waals surface area contributed by atoms with Gasteiger partial charge in [-0.25, -0.2) is 9.97 Å². The van der Waals surface area contributed by atoms with Gasteiger partial charge in [-0.2, -0.15) is 0 Å². The van der Waals surface area contributed by atoms with Crippen molar-refractivity contribution in [2.45, 2.75) is 38.4 Å². The van der Waals surface area contributed by atoms with Gasteiger partial charge in [-0.3, -0.25) is 0 Å². The molecule has 6 nitrogen and oxygen atoms in total. The van der Waals surface area contributed by atoms with Crippen LogP contribution in [0.4, 0.5) is 5.82 Å². The predicted octanol–water partition coefficient (Wildman–Crippen LogP) is 1.63. The van der Waals surface area contributed by atoms with Crippen LogP contribution >= 0.6 is 0 Å². The van der Waals surface area contributed by atoms with Crippen molar-refractivity contribution in [1.29, 1.82) is 0 Å². The number of ether oxygens (including phenoxy) is 3. The summed E-state index contributed by atoms with van der Waals surface area (Å²) in [6.45, 7) is 5.57. The molecule has 0 unspecified atom stereocenters. The van der Waals surface area contributed by atoms with E-state index in [9.17, 15) is 0 Å². The number of aromatic nitrogens is 2. The van der Waals surface area contributed by atoms with Gasteiger partial charge in [0.2, 0.25) is 0 Å². The van der Waals surface area contributed by atoms with E-state index in [0.717, 1.165) is 55.3 Å². The van der Waals surface area contributed by atoms with E-state index in [-0.39, 0.29) is 0 Å². The Morgan fingerprint density at radius 2 is 2.00 bits per heavy atom. The first kappa shape index (κ1) is 14.7. The monoisotopic (exact) mass is 293 g/mol. The standard InChI is InChI=1S/C15H23N3O3/c1-3-16-13-11-10-21-7-4-12(11)17-14(18-13)15(19-2)5-8-20-9-6-15/h3-10H2,1-2H3,(H,16,17,18). The van der Waals surface area contributed by atoms with Crippen molar-refractivity contribution in [2.75, 3.05) is 38.8 Å². The van der Waals surface area contributed by atoms with Gasteiger partial charge in [-0.1, -0.05) is 0 Å². The average Bonchev–Trinajstić information content (AvgIpc) is 2.55. The molecule has 21 heavy (non-hydrogen) atoms. The molecule has 116 valence electrons. The van der Waals surface area contributed by atoms with Gasteiger partial charge in [-0.15, -0.1) is 0 Å². The number of nitrogens with zero attached hydrogens (tertiary/aromatic N) is 2. The summed E-state index contributed by atoms with van der Waals surface area (Å²) in [5.41, 5.74) is 1.76. The molecule has 1 N–H and O–H groups in total. The minimum Gasteiger partial charge on any atom is -0.381 e. The number of fused-ring (bicyclic) bond motifs is 1. The molecule has 0 atom stereocenters. The summed E-state index contributed by atoms with van der Waals surface area (Å²) in [7, 11) is 1.74. The van der Waals surface area contributed by atoms with E-state index in [1.165, 1.54) is 0 Å². The molecule has 0 saturated carbocycles. The number of rotatable bonds is 4. The van der Waals surface area contributed by atoms with Gasteiger partial charge in [-0.05, 0) is 6.92 Å². The minimum absolute atomic E-state index is 0.421. The number of nitrogens with one attached hydrogen (secondary N) is 1. The van der Waals surface area contributed by atoms with Crippen molar-refractivity contribution in [1.82, 2.24) is 9.97 Å². The maximum absolute atomic E-state index is 5.82. The minimum atomic E-state index is -0.421. The molecule has 1 aromatic rings. The van der Waals surface area contributed by atoms with Crippen LogP contribution in [0.3, 0.4) is 0 Å². The van der Waals surface area contributed by atoms with Gasteiger partial charge in [0, 0.05) is 51.7 Å². The van der Waals surface area contributed by atoms with E-state index in [0.29, 0.717) is 19.8 Å². The Kier molecular flexibility index (Phi) is 4.37. The van der Waals surface area contributed by atoms with E-state index in [1.807, 2.05) is 0 Å². The highest BCUT2D eigenvalue weighted by Gasteiger charge is 2.38. The molecule has 0 aromatic carbocycles. The van der Waals surface area contributed by atoms with Crippen LogP contribution in [0.2, 0.25) is 0 Å². The molecule has 1 aromatic heterocycles. The number of methoxy groups -OCH3 is 1. The zero-order chi connectivity index (χ0) is 14.7. The van der Waals surface area contributed by atoms with Crippen LogP contribution in [-0.4, -0.2) is 43.4 Å². The molecule has 2 aliphatic rings. The summed E-state index contributed by atoms with van der Waals surface area (Å²) in [4.78, 5) is 9.57. The topological polar surface area (TPSA) is 65.5 Å². The number of anilines is 1. The number of hydrogen-bond acceptors (Lipinski definition) is 6. The van der Waals surface area contributed by atoms with Crippen molar-refractivity contribution in [3.63, 3.8) is 0 Å². The van der Waals surface area contributed by atoms with E-state index >= 15 is 0 Å². The molecule has 6 heteroatoms. The third kappa shape index (κ3) is 2.75. The van der Waals surface area contributed by atoms with Gasteiger partial charge in [0.25, 0.3) is 0 Å². The van der Waals surface area contributed by atoms with Gasteiger partial charge < -0.3 is 19.5 Å². The third-order valence-electron chi connectivity index (χ3n) is 4.27. The first-order valence-electron chi connectivity index (χ1n) is 7.64. The molecule has 0 amide bonds. The molecule has 0 aliphatic carbocycles. The van der Waals surface area contributed by atoms with Crippen LogP contribution in [0, 0.1) is 0 Å². The van der Waals surface area contributed by atoms with Gasteiger partial charge in [0.05, 0.1) is 18.9 Å². The molecule has 3 rings (SSSR count). The zero-order valence-electron chi connectivity index (χ0n) is 12.8. The zero-order valence-corrected chi connectivity index (χ0v) is 12.8. The average molecular weight is 293 g/mol. The summed E-state index contributed by atoms with van der Waals surface area (Å²) in [5.74, 6) is 1.67. The Hall–Kier alpha value is -1.24. The van der Waals surface area contributed by atoms with Crippen molar-refractivity contribution < 1.29 is 14.2 Å². The van der Waals surface area contributed by atoms with Gasteiger partial charge in [0.1, 0.15) is 11.4 Å². The van der Waals surface area contributed by atoms with Crippen molar-refractivity contribution >= 4 is 5.82 Å². The molecule has 2 aliphatic heterocycles. The van der Waals surface area contributed by atoms with E-state index in [1.54, 1.807) is 7.11 Å². The molecule has 0 bridgehead atoms. The van der Waals surface area contributed by atoms with Crippen molar-refractivity contribution in [3.8, 4) is 0 Å². The van der Waals surface area contributed by atoms with Crippen LogP contribution in [-0.2, 0) is 32.8 Å². The predicted molar refractivity (Wildman–Crippen MR) is 78.3 cm³/mol. The number of hydrogen-bond donors (Lipinski definition) is 1. The molecule has 1 fully saturated rings. The third-order valence-corrected chi connectivity index (χ3v) is 4.27. The molecule has 0 spiro atoms. The molecular weight excluding hydrogens is 270 g/mol. The summed E-state index contributed by atoms with van der Waals surface area (Å²) in [6.07, 6.45) is 2.42. The lowest BCUT2D eigenvalue weighted by molar-refractivity contribution is -0.100. The van der Waals surface area contributed by atoms with E-state index in [2.05, 4.69) is 12.2 Å². The van der Waals surface area contributed by atoms with E-state index < -0.39 is 5.60 Å². The van der Waals surface area contributed by atoms with Gasteiger partial charge in [0.15, 0.2) is 5.82 Å². The SMILES string of the molecule is CCNc1nc(C2(OC)CCOCC2)nc2c1COCC2. The molecule has 3 heterocycles. The van der Waals surface area contributed by atoms with Crippen LogP contribution in [0.15, 0.2) is 0 Å². The van der Waals surface area contributed by atoms with Crippen LogP contribution in [0.1, 0.15) is 36.8 Å². The summed E-state index contributed by atoms with van der Waals surface area (Å²) in [5, 5.41) is 3.34. The maximum atomic E-state index is 5.82. The Balaban J connectivity index is 2.03. The summed E-state index contributed by atoms with van der Waals surface area (Å²) in [6, 6.07) is 0. The summed E-state index contributed by atoms with van der Waals surface area (Å²) < 4.78 is 16.8. The Labute approximate surface area is 125 Å². The van der Waals surface area contributed by atoms with Crippen LogP contribution in [0.5, 0.6) is 0 Å². The largest absolute Gasteiger partial charge is 0.381 e. The van der Waals surface area contributed by atoms with E-state index in [4.69, 9.17) is 24.2 Å². The van der Waals surface area contributed by atoms with Crippen molar-refractivity contribution in [2.24, 2.45) is 0 Å². The fourth-order valence-corrected chi connectivity index (χ4v) is 2.97. The molecule has 0 radical (unpaired) electrons. The van der Waals surface area contributed by atoms with Crippen LogP contribution in [0.25, 0.3) is 0 Å². The highest BCUT2D eigenvalue weighted by atomic mass is 16.5. The highest BCUT2D eigenvalue weighted by molar-refractivity contribution is 5.47. The van der Waals surface area contributed by atoms with Crippen LogP contribution < -0.4 is 5.32 Å². The quantitative estimate of drug-likeness (QED) is 0.910. The normalized spacial score (nSPS) is 20.9.